The Morgan fingerprint density at radius 1 is 1.22 bits per heavy atom. The summed E-state index contributed by atoms with van der Waals surface area (Å²) in [7, 11) is 2.97. The van der Waals surface area contributed by atoms with Crippen molar-refractivity contribution in [1.29, 1.82) is 0 Å². The van der Waals surface area contributed by atoms with Crippen molar-refractivity contribution in [3.05, 3.63) is 56.5 Å². The standard InChI is InChI=1S/C17H16BrN3O6/c1-25-13-4-6-16(14(18)8-13)27-10-17(22)20-19-9-11-7-12(21(23)24)3-5-15(11)26-2/h3-9H,10H2,1-2H3,(H,20,22). The Bertz CT molecular complexity index is 872. The van der Waals surface area contributed by atoms with Gasteiger partial charge < -0.3 is 14.2 Å². The van der Waals surface area contributed by atoms with E-state index in [2.05, 4.69) is 26.5 Å². The van der Waals surface area contributed by atoms with E-state index in [-0.39, 0.29) is 12.3 Å². The lowest BCUT2D eigenvalue weighted by molar-refractivity contribution is -0.384. The minimum absolute atomic E-state index is 0.115. The first kappa shape index (κ1) is 20.2. The van der Waals surface area contributed by atoms with Crippen LogP contribution in [0, 0.1) is 10.1 Å². The summed E-state index contributed by atoms with van der Waals surface area (Å²) in [4.78, 5) is 22.2. The molecule has 0 fully saturated rings. The maximum Gasteiger partial charge on any atom is 0.277 e. The van der Waals surface area contributed by atoms with Crippen LogP contribution in [0.3, 0.4) is 0 Å². The van der Waals surface area contributed by atoms with Crippen LogP contribution >= 0.6 is 15.9 Å². The van der Waals surface area contributed by atoms with E-state index in [0.717, 1.165) is 0 Å². The van der Waals surface area contributed by atoms with Crippen LogP contribution in [0.5, 0.6) is 17.2 Å². The first-order valence-electron chi connectivity index (χ1n) is 7.55. The van der Waals surface area contributed by atoms with E-state index in [1.54, 1.807) is 25.3 Å². The second-order valence-electron chi connectivity index (χ2n) is 5.06. The van der Waals surface area contributed by atoms with E-state index in [4.69, 9.17) is 14.2 Å². The quantitative estimate of drug-likeness (QED) is 0.385. The maximum absolute atomic E-state index is 11.8. The van der Waals surface area contributed by atoms with E-state index in [1.165, 1.54) is 31.5 Å². The van der Waals surface area contributed by atoms with Gasteiger partial charge in [0.2, 0.25) is 0 Å². The lowest BCUT2D eigenvalue weighted by Crippen LogP contribution is -2.24. The maximum atomic E-state index is 11.8. The number of halogens is 1. The number of hydrazone groups is 1. The number of benzene rings is 2. The second kappa shape index (κ2) is 9.53. The molecule has 2 aromatic rings. The molecule has 2 rings (SSSR count). The molecule has 1 amide bonds. The summed E-state index contributed by atoms with van der Waals surface area (Å²) in [5, 5.41) is 14.6. The molecular formula is C17H16BrN3O6. The molecule has 0 spiro atoms. The van der Waals surface area contributed by atoms with Gasteiger partial charge in [0.05, 0.1) is 29.8 Å². The average Bonchev–Trinajstić information content (AvgIpc) is 2.66. The predicted octanol–water partition coefficient (Wildman–Crippen LogP) is 2.90. The number of rotatable bonds is 8. The van der Waals surface area contributed by atoms with Crippen LogP contribution in [-0.4, -0.2) is 37.9 Å². The first-order valence-corrected chi connectivity index (χ1v) is 8.34. The Hall–Kier alpha value is -3.14. The number of amides is 1. The fraction of sp³-hybridized carbons (Fsp3) is 0.176. The zero-order chi connectivity index (χ0) is 19.8. The van der Waals surface area contributed by atoms with E-state index in [0.29, 0.717) is 27.3 Å². The van der Waals surface area contributed by atoms with Crippen molar-refractivity contribution in [3.63, 3.8) is 0 Å². The Balaban J connectivity index is 1.95. The molecule has 10 heteroatoms. The van der Waals surface area contributed by atoms with Gasteiger partial charge in [-0.25, -0.2) is 5.43 Å². The molecule has 0 bridgehead atoms. The number of hydrogen-bond acceptors (Lipinski definition) is 7. The van der Waals surface area contributed by atoms with Crippen molar-refractivity contribution >= 4 is 33.7 Å². The summed E-state index contributed by atoms with van der Waals surface area (Å²) in [6.45, 7) is -0.270. The van der Waals surface area contributed by atoms with Gasteiger partial charge in [-0.3, -0.25) is 14.9 Å². The van der Waals surface area contributed by atoms with E-state index in [1.807, 2.05) is 0 Å². The van der Waals surface area contributed by atoms with E-state index < -0.39 is 10.8 Å². The highest BCUT2D eigenvalue weighted by molar-refractivity contribution is 9.10. The van der Waals surface area contributed by atoms with Crippen LogP contribution in [0.25, 0.3) is 0 Å². The number of carbonyl (C=O) groups is 1. The van der Waals surface area contributed by atoms with Gasteiger partial charge in [0.1, 0.15) is 17.2 Å². The molecule has 2 aromatic carbocycles. The zero-order valence-corrected chi connectivity index (χ0v) is 16.1. The lowest BCUT2D eigenvalue weighted by atomic mass is 10.2. The Morgan fingerprint density at radius 2 is 1.96 bits per heavy atom. The lowest BCUT2D eigenvalue weighted by Gasteiger charge is -2.08. The van der Waals surface area contributed by atoms with Crippen molar-refractivity contribution in [2.75, 3.05) is 20.8 Å². The number of nitrogens with zero attached hydrogens (tertiary/aromatic N) is 2. The molecule has 0 aromatic heterocycles. The molecule has 0 radical (unpaired) electrons. The SMILES string of the molecule is COc1ccc(OCC(=O)NN=Cc2cc([N+](=O)[O-])ccc2OC)c(Br)c1. The summed E-state index contributed by atoms with van der Waals surface area (Å²) >= 11 is 3.32. The third kappa shape index (κ3) is 5.68. The summed E-state index contributed by atoms with van der Waals surface area (Å²) in [5.41, 5.74) is 2.52. The largest absolute Gasteiger partial charge is 0.497 e. The van der Waals surface area contributed by atoms with Gasteiger partial charge in [-0.1, -0.05) is 0 Å². The van der Waals surface area contributed by atoms with Crippen molar-refractivity contribution in [2.24, 2.45) is 5.10 Å². The minimum atomic E-state index is -0.532. The van der Waals surface area contributed by atoms with Crippen LogP contribution in [0.1, 0.15) is 5.56 Å². The molecule has 0 aliphatic rings. The monoisotopic (exact) mass is 437 g/mol. The fourth-order valence-corrected chi connectivity index (χ4v) is 2.48. The first-order chi connectivity index (χ1) is 12.9. The third-order valence-corrected chi connectivity index (χ3v) is 3.93. The minimum Gasteiger partial charge on any atom is -0.497 e. The van der Waals surface area contributed by atoms with E-state index >= 15 is 0 Å². The molecule has 1 N–H and O–H groups in total. The smallest absolute Gasteiger partial charge is 0.277 e. The number of nitro benzene ring substituents is 1. The summed E-state index contributed by atoms with van der Waals surface area (Å²) in [5.74, 6) is 1.000. The molecule has 0 aliphatic carbocycles. The number of ether oxygens (including phenoxy) is 3. The molecule has 27 heavy (non-hydrogen) atoms. The van der Waals surface area contributed by atoms with Crippen LogP contribution in [0.15, 0.2) is 46.0 Å². The fourth-order valence-electron chi connectivity index (χ4n) is 2.01. The van der Waals surface area contributed by atoms with Gasteiger partial charge in [-0.05, 0) is 40.2 Å². The average molecular weight is 438 g/mol. The highest BCUT2D eigenvalue weighted by atomic mass is 79.9. The number of non-ortho nitro benzene ring substituents is 1. The molecule has 0 atom stereocenters. The molecule has 0 saturated heterocycles. The van der Waals surface area contributed by atoms with Gasteiger partial charge >= 0.3 is 0 Å². The molecule has 0 heterocycles. The highest BCUT2D eigenvalue weighted by Gasteiger charge is 2.10. The van der Waals surface area contributed by atoms with Gasteiger partial charge in [-0.15, -0.1) is 0 Å². The summed E-state index contributed by atoms with van der Waals surface area (Å²) < 4.78 is 16.2. The topological polar surface area (TPSA) is 112 Å². The number of nitro groups is 1. The van der Waals surface area contributed by atoms with Gasteiger partial charge in [0, 0.05) is 17.7 Å². The predicted molar refractivity (Wildman–Crippen MR) is 102 cm³/mol. The van der Waals surface area contributed by atoms with Crippen molar-refractivity contribution in [1.82, 2.24) is 5.43 Å². The third-order valence-electron chi connectivity index (χ3n) is 3.31. The zero-order valence-electron chi connectivity index (χ0n) is 14.5. The summed E-state index contributed by atoms with van der Waals surface area (Å²) in [6.07, 6.45) is 1.26. The second-order valence-corrected chi connectivity index (χ2v) is 5.92. The number of methoxy groups -OCH3 is 2. The molecule has 9 nitrogen and oxygen atoms in total. The summed E-state index contributed by atoms with van der Waals surface area (Å²) in [6, 6.07) is 9.12. The van der Waals surface area contributed by atoms with Crippen molar-refractivity contribution in [3.8, 4) is 17.2 Å². The molecule has 0 saturated carbocycles. The van der Waals surface area contributed by atoms with Gasteiger partial charge in [0.15, 0.2) is 6.61 Å². The Kier molecular flexibility index (Phi) is 7.12. The van der Waals surface area contributed by atoms with Crippen LogP contribution in [-0.2, 0) is 4.79 Å². The molecular weight excluding hydrogens is 422 g/mol. The highest BCUT2D eigenvalue weighted by Crippen LogP contribution is 2.29. The van der Waals surface area contributed by atoms with Crippen molar-refractivity contribution in [2.45, 2.75) is 0 Å². The Morgan fingerprint density at radius 3 is 2.59 bits per heavy atom. The number of carbonyl (C=O) groups excluding carboxylic acids is 1. The van der Waals surface area contributed by atoms with E-state index in [9.17, 15) is 14.9 Å². The normalized spacial score (nSPS) is 10.5. The number of hydrogen-bond donors (Lipinski definition) is 1. The van der Waals surface area contributed by atoms with Gasteiger partial charge in [0.25, 0.3) is 11.6 Å². The molecule has 142 valence electrons. The molecule has 0 unspecified atom stereocenters. The van der Waals surface area contributed by atoms with Crippen LogP contribution < -0.4 is 19.6 Å². The van der Waals surface area contributed by atoms with Crippen molar-refractivity contribution < 1.29 is 23.9 Å². The Labute approximate surface area is 163 Å². The van der Waals surface area contributed by atoms with Crippen LogP contribution in [0.4, 0.5) is 5.69 Å². The molecule has 0 aliphatic heterocycles. The van der Waals surface area contributed by atoms with Gasteiger partial charge in [-0.2, -0.15) is 5.10 Å². The van der Waals surface area contributed by atoms with Crippen LogP contribution in [0.2, 0.25) is 0 Å². The number of nitrogens with one attached hydrogen (secondary N) is 1.